The van der Waals surface area contributed by atoms with Crippen LogP contribution < -0.4 is 17.0 Å². The monoisotopic (exact) mass is 373 g/mol. The van der Waals surface area contributed by atoms with Gasteiger partial charge in [0.25, 0.3) is 5.56 Å². The number of Topliss-reactive ketones (excluding diaryl/α,β-unsaturated/α-hetero) is 1. The van der Waals surface area contributed by atoms with Crippen LogP contribution in [0.25, 0.3) is 11.2 Å². The molecule has 1 amide bonds. The zero-order chi connectivity index (χ0) is 18.8. The summed E-state index contributed by atoms with van der Waals surface area (Å²) in [6.07, 6.45) is 0. The molecule has 0 fully saturated rings. The number of H-pyrrole nitrogens is 1. The summed E-state index contributed by atoms with van der Waals surface area (Å²) in [6, 6.07) is 8.59. The number of thioether (sulfide) groups is 1. The third-order valence-electron chi connectivity index (χ3n) is 3.71. The predicted molar refractivity (Wildman–Crippen MR) is 96.3 cm³/mol. The fraction of sp³-hybridized carbons (Fsp3) is 0.188. The van der Waals surface area contributed by atoms with Crippen LogP contribution in [0.4, 0.5) is 0 Å². The van der Waals surface area contributed by atoms with Gasteiger partial charge in [-0.15, -0.1) is 0 Å². The number of hydrogen-bond donors (Lipinski definition) is 2. The van der Waals surface area contributed by atoms with Gasteiger partial charge in [0, 0.05) is 12.6 Å². The Hall–Kier alpha value is -3.14. The molecule has 9 nitrogen and oxygen atoms in total. The van der Waals surface area contributed by atoms with Crippen molar-refractivity contribution in [2.45, 2.75) is 11.7 Å². The van der Waals surface area contributed by atoms with Crippen molar-refractivity contribution in [3.63, 3.8) is 0 Å². The van der Waals surface area contributed by atoms with Crippen molar-refractivity contribution in [1.82, 2.24) is 19.1 Å². The van der Waals surface area contributed by atoms with E-state index in [1.807, 2.05) is 0 Å². The Kier molecular flexibility index (Phi) is 4.76. The lowest BCUT2D eigenvalue weighted by Crippen LogP contribution is -2.29. The first-order valence-corrected chi connectivity index (χ1v) is 8.56. The fourth-order valence-corrected chi connectivity index (χ4v) is 3.20. The van der Waals surface area contributed by atoms with Gasteiger partial charge in [0.2, 0.25) is 5.91 Å². The summed E-state index contributed by atoms with van der Waals surface area (Å²) < 4.78 is 2.57. The highest BCUT2D eigenvalue weighted by atomic mass is 32.2. The van der Waals surface area contributed by atoms with Gasteiger partial charge >= 0.3 is 5.69 Å². The second kappa shape index (κ2) is 7.00. The number of hydrogen-bond acceptors (Lipinski definition) is 6. The minimum absolute atomic E-state index is 0.0747. The quantitative estimate of drug-likeness (QED) is 0.457. The SMILES string of the molecule is Cn1c(=O)[nH]c(=O)c2c1nc(SCC(N)=O)n2CC(=O)c1ccccc1. The van der Waals surface area contributed by atoms with Gasteiger partial charge in [-0.05, 0) is 0 Å². The number of nitrogens with two attached hydrogens (primary N) is 1. The molecule has 0 aliphatic carbocycles. The number of primary amides is 1. The number of nitrogens with one attached hydrogen (secondary N) is 1. The van der Waals surface area contributed by atoms with Gasteiger partial charge in [0.1, 0.15) is 0 Å². The molecule has 134 valence electrons. The van der Waals surface area contributed by atoms with E-state index in [1.54, 1.807) is 30.3 Å². The van der Waals surface area contributed by atoms with E-state index in [-0.39, 0.29) is 34.4 Å². The molecule has 2 heterocycles. The number of imidazole rings is 1. The summed E-state index contributed by atoms with van der Waals surface area (Å²) in [5.74, 6) is -0.876. The lowest BCUT2D eigenvalue weighted by molar-refractivity contribution is -0.115. The molecule has 2 aromatic heterocycles. The van der Waals surface area contributed by atoms with Crippen LogP contribution >= 0.6 is 11.8 Å². The lowest BCUT2D eigenvalue weighted by atomic mass is 10.1. The Labute approximate surface area is 150 Å². The molecule has 0 saturated heterocycles. The molecule has 0 aliphatic heterocycles. The van der Waals surface area contributed by atoms with Gasteiger partial charge in [-0.2, -0.15) is 0 Å². The van der Waals surface area contributed by atoms with E-state index in [1.165, 1.54) is 16.2 Å². The van der Waals surface area contributed by atoms with Crippen LogP contribution in [0.5, 0.6) is 0 Å². The summed E-state index contributed by atoms with van der Waals surface area (Å²) >= 11 is 0.998. The van der Waals surface area contributed by atoms with Crippen LogP contribution in [0.15, 0.2) is 45.1 Å². The Morgan fingerprint density at radius 1 is 1.23 bits per heavy atom. The maximum absolute atomic E-state index is 12.6. The number of benzene rings is 1. The van der Waals surface area contributed by atoms with Gasteiger partial charge in [-0.1, -0.05) is 42.1 Å². The van der Waals surface area contributed by atoms with E-state index < -0.39 is 17.2 Å². The number of ketones is 1. The number of fused-ring (bicyclic) bond motifs is 1. The predicted octanol–water partition coefficient (Wildman–Crippen LogP) is -0.116. The maximum atomic E-state index is 12.6. The molecule has 0 aliphatic rings. The number of carbonyl (C=O) groups is 2. The van der Waals surface area contributed by atoms with Crippen LogP contribution in [0.1, 0.15) is 10.4 Å². The molecule has 0 unspecified atom stereocenters. The van der Waals surface area contributed by atoms with E-state index in [9.17, 15) is 19.2 Å². The van der Waals surface area contributed by atoms with Crippen molar-refractivity contribution in [2.75, 3.05) is 5.75 Å². The van der Waals surface area contributed by atoms with Gasteiger partial charge in [0.05, 0.1) is 12.3 Å². The molecular weight excluding hydrogens is 358 g/mol. The van der Waals surface area contributed by atoms with Crippen LogP contribution in [0.3, 0.4) is 0 Å². The molecular formula is C16H15N5O4S. The molecule has 0 bridgehead atoms. The molecule has 0 spiro atoms. The van der Waals surface area contributed by atoms with Crippen LogP contribution in [0.2, 0.25) is 0 Å². The van der Waals surface area contributed by atoms with Crippen molar-refractivity contribution in [2.24, 2.45) is 12.8 Å². The first-order chi connectivity index (χ1) is 12.4. The average Bonchev–Trinajstić information content (AvgIpc) is 2.97. The summed E-state index contributed by atoms with van der Waals surface area (Å²) in [6.45, 7) is -0.164. The second-order valence-electron chi connectivity index (χ2n) is 5.52. The molecule has 10 heteroatoms. The number of carbonyl (C=O) groups excluding carboxylic acids is 2. The van der Waals surface area contributed by atoms with Crippen molar-refractivity contribution in [1.29, 1.82) is 0 Å². The first kappa shape index (κ1) is 17.7. The first-order valence-electron chi connectivity index (χ1n) is 7.57. The number of amides is 1. The van der Waals surface area contributed by atoms with E-state index in [0.717, 1.165) is 11.8 Å². The zero-order valence-corrected chi connectivity index (χ0v) is 14.6. The normalized spacial score (nSPS) is 11.0. The summed E-state index contributed by atoms with van der Waals surface area (Å²) in [5.41, 5.74) is 4.60. The smallest absolute Gasteiger partial charge is 0.329 e. The van der Waals surface area contributed by atoms with Crippen molar-refractivity contribution in [3.05, 3.63) is 56.7 Å². The van der Waals surface area contributed by atoms with E-state index in [0.29, 0.717) is 5.56 Å². The molecule has 26 heavy (non-hydrogen) atoms. The van der Waals surface area contributed by atoms with Crippen molar-refractivity contribution >= 4 is 34.6 Å². The molecule has 0 radical (unpaired) electrons. The Morgan fingerprint density at radius 3 is 2.58 bits per heavy atom. The molecule has 3 rings (SSSR count). The van der Waals surface area contributed by atoms with Crippen molar-refractivity contribution in [3.8, 4) is 0 Å². The number of nitrogens with zero attached hydrogens (tertiary/aromatic N) is 3. The average molecular weight is 373 g/mol. The number of aryl methyl sites for hydroxylation is 1. The van der Waals surface area contributed by atoms with Crippen molar-refractivity contribution < 1.29 is 9.59 Å². The second-order valence-corrected chi connectivity index (χ2v) is 6.46. The highest BCUT2D eigenvalue weighted by Crippen LogP contribution is 2.21. The standard InChI is InChI=1S/C16H15N5O4S/c1-20-13-12(14(24)19-15(20)25)21(16(18-13)26-8-11(17)23)7-10(22)9-5-3-2-4-6-9/h2-6H,7-8H2,1H3,(H2,17,23)(H,19,24,25). The van der Waals surface area contributed by atoms with E-state index in [4.69, 9.17) is 5.73 Å². The van der Waals surface area contributed by atoms with Gasteiger partial charge < -0.3 is 10.3 Å². The molecule has 3 N–H and O–H groups in total. The Morgan fingerprint density at radius 2 is 1.92 bits per heavy atom. The van der Waals surface area contributed by atoms with Gasteiger partial charge in [0.15, 0.2) is 22.1 Å². The van der Waals surface area contributed by atoms with Gasteiger partial charge in [-0.25, -0.2) is 9.78 Å². The minimum Gasteiger partial charge on any atom is -0.369 e. The zero-order valence-electron chi connectivity index (χ0n) is 13.8. The third kappa shape index (κ3) is 3.31. The largest absolute Gasteiger partial charge is 0.369 e. The third-order valence-corrected chi connectivity index (χ3v) is 4.71. The highest BCUT2D eigenvalue weighted by Gasteiger charge is 2.20. The van der Waals surface area contributed by atoms with Crippen LogP contribution in [-0.4, -0.2) is 36.5 Å². The highest BCUT2D eigenvalue weighted by molar-refractivity contribution is 7.99. The van der Waals surface area contributed by atoms with E-state index >= 15 is 0 Å². The molecule has 0 atom stereocenters. The molecule has 0 saturated carbocycles. The fourth-order valence-electron chi connectivity index (χ4n) is 2.47. The summed E-state index contributed by atoms with van der Waals surface area (Å²) in [7, 11) is 1.46. The van der Waals surface area contributed by atoms with E-state index in [2.05, 4.69) is 9.97 Å². The van der Waals surface area contributed by atoms with Crippen LogP contribution in [0, 0.1) is 0 Å². The number of aromatic nitrogens is 4. The van der Waals surface area contributed by atoms with Crippen LogP contribution in [-0.2, 0) is 18.4 Å². The number of aromatic amines is 1. The number of rotatable bonds is 6. The van der Waals surface area contributed by atoms with Gasteiger partial charge in [-0.3, -0.25) is 23.9 Å². The Balaban J connectivity index is 2.14. The maximum Gasteiger partial charge on any atom is 0.329 e. The molecule has 1 aromatic carbocycles. The lowest BCUT2D eigenvalue weighted by Gasteiger charge is -2.07. The summed E-state index contributed by atoms with van der Waals surface area (Å²) in [4.78, 5) is 54.2. The topological polar surface area (TPSA) is 133 Å². The summed E-state index contributed by atoms with van der Waals surface area (Å²) in [5, 5.41) is 0.259. The molecule has 3 aromatic rings. The minimum atomic E-state index is -0.651. The Bertz CT molecular complexity index is 1110.